The normalized spacial score (nSPS) is 11.8. The lowest BCUT2D eigenvalue weighted by Gasteiger charge is -2.28. The van der Waals surface area contributed by atoms with Gasteiger partial charge in [0.1, 0.15) is 0 Å². The van der Waals surface area contributed by atoms with Gasteiger partial charge in [0.2, 0.25) is 0 Å². The Balaban J connectivity index is 3.56. The summed E-state index contributed by atoms with van der Waals surface area (Å²) in [7, 11) is -2.44. The lowest BCUT2D eigenvalue weighted by Crippen LogP contribution is -2.45. The van der Waals surface area contributed by atoms with Gasteiger partial charge >= 0.3 is 14.8 Å². The minimum absolute atomic E-state index is 0.319. The number of unbranched alkanes of at least 4 members (excludes halogenated alkanes) is 10. The zero-order valence-corrected chi connectivity index (χ0v) is 18.4. The summed E-state index contributed by atoms with van der Waals surface area (Å²) in [5.74, 6) is -0.673. The van der Waals surface area contributed by atoms with Crippen molar-refractivity contribution in [2.24, 2.45) is 0 Å². The molecule has 0 aromatic carbocycles. The number of carbonyl (C=O) groups is 1. The van der Waals surface area contributed by atoms with Gasteiger partial charge in [-0.1, -0.05) is 57.8 Å². The first-order chi connectivity index (χ1) is 12.6. The Hall–Kier alpha value is -0.433. The van der Waals surface area contributed by atoms with Crippen LogP contribution in [0.1, 0.15) is 97.8 Å². The Bertz CT molecular complexity index is 308. The predicted octanol–water partition coefficient (Wildman–Crippen LogP) is 5.80. The SMILES string of the molecule is CCO[Si](CCCCCCCCCCCCCC(=O)O)(OCC)OCC. The molecule has 0 heterocycles. The summed E-state index contributed by atoms with van der Waals surface area (Å²) < 4.78 is 17.7. The van der Waals surface area contributed by atoms with Gasteiger partial charge in [-0.15, -0.1) is 0 Å². The van der Waals surface area contributed by atoms with Crippen LogP contribution in [0.2, 0.25) is 6.04 Å². The smallest absolute Gasteiger partial charge is 0.481 e. The Morgan fingerprint density at radius 1 is 0.654 bits per heavy atom. The zero-order chi connectivity index (χ0) is 19.5. The van der Waals surface area contributed by atoms with Gasteiger partial charge in [0.05, 0.1) is 0 Å². The van der Waals surface area contributed by atoms with E-state index in [1.807, 2.05) is 20.8 Å². The van der Waals surface area contributed by atoms with E-state index in [2.05, 4.69) is 0 Å². The lowest BCUT2D eigenvalue weighted by atomic mass is 10.1. The van der Waals surface area contributed by atoms with Crippen molar-refractivity contribution in [1.82, 2.24) is 0 Å². The van der Waals surface area contributed by atoms with E-state index in [1.54, 1.807) is 0 Å². The second-order valence-corrected chi connectivity index (χ2v) is 9.50. The van der Waals surface area contributed by atoms with E-state index in [-0.39, 0.29) is 0 Å². The minimum Gasteiger partial charge on any atom is -0.481 e. The van der Waals surface area contributed by atoms with Crippen LogP contribution in [-0.4, -0.2) is 39.7 Å². The number of carboxylic acid groups (broad SMARTS) is 1. The van der Waals surface area contributed by atoms with E-state index >= 15 is 0 Å². The molecule has 0 aromatic rings. The molecule has 0 unspecified atom stereocenters. The summed E-state index contributed by atoms with van der Waals surface area (Å²) >= 11 is 0. The van der Waals surface area contributed by atoms with Crippen LogP contribution in [0.15, 0.2) is 0 Å². The molecular weight excluding hydrogens is 348 g/mol. The highest BCUT2D eigenvalue weighted by Gasteiger charge is 2.39. The van der Waals surface area contributed by atoms with Crippen molar-refractivity contribution in [2.45, 2.75) is 104 Å². The van der Waals surface area contributed by atoms with Gasteiger partial charge in [0, 0.05) is 32.3 Å². The Morgan fingerprint density at radius 3 is 1.35 bits per heavy atom. The lowest BCUT2D eigenvalue weighted by molar-refractivity contribution is -0.137. The van der Waals surface area contributed by atoms with Crippen molar-refractivity contribution in [3.05, 3.63) is 0 Å². The largest absolute Gasteiger partial charge is 0.500 e. The molecule has 1 N–H and O–H groups in total. The quantitative estimate of drug-likeness (QED) is 0.210. The van der Waals surface area contributed by atoms with Crippen LogP contribution >= 0.6 is 0 Å². The number of hydrogen-bond acceptors (Lipinski definition) is 4. The third kappa shape index (κ3) is 14.7. The van der Waals surface area contributed by atoms with E-state index < -0.39 is 14.8 Å². The standard InChI is InChI=1S/C20H42O5Si/c1-4-23-26(24-5-2,25-6-3)19-17-15-13-11-9-7-8-10-12-14-16-18-20(21)22/h4-19H2,1-3H3,(H,21,22). The van der Waals surface area contributed by atoms with Gasteiger partial charge in [0.15, 0.2) is 0 Å². The first-order valence-corrected chi connectivity index (χ1v) is 12.7. The fourth-order valence-corrected chi connectivity index (χ4v) is 5.90. The monoisotopic (exact) mass is 390 g/mol. The molecule has 6 heteroatoms. The van der Waals surface area contributed by atoms with Crippen LogP contribution in [0.3, 0.4) is 0 Å². The van der Waals surface area contributed by atoms with Gasteiger partial charge < -0.3 is 18.4 Å². The molecule has 5 nitrogen and oxygen atoms in total. The van der Waals surface area contributed by atoms with Crippen LogP contribution in [0.4, 0.5) is 0 Å². The molecule has 0 atom stereocenters. The van der Waals surface area contributed by atoms with Gasteiger partial charge in [-0.3, -0.25) is 4.79 Å². The van der Waals surface area contributed by atoms with E-state index in [1.165, 1.54) is 51.4 Å². The average molecular weight is 391 g/mol. The van der Waals surface area contributed by atoms with Crippen molar-refractivity contribution in [3.8, 4) is 0 Å². The molecule has 0 aliphatic rings. The molecular formula is C20H42O5Si. The van der Waals surface area contributed by atoms with Crippen LogP contribution in [0.5, 0.6) is 0 Å². The molecule has 0 bridgehead atoms. The fourth-order valence-electron chi connectivity index (χ4n) is 3.21. The highest BCUT2D eigenvalue weighted by atomic mass is 28.4. The van der Waals surface area contributed by atoms with Gasteiger partial charge in [0.25, 0.3) is 0 Å². The molecule has 0 aliphatic heterocycles. The Labute approximate surface area is 162 Å². The summed E-state index contributed by atoms with van der Waals surface area (Å²) in [6.07, 6.45) is 13.4. The van der Waals surface area contributed by atoms with Crippen molar-refractivity contribution >= 4 is 14.8 Å². The average Bonchev–Trinajstić information content (AvgIpc) is 2.59. The van der Waals surface area contributed by atoms with Gasteiger partial charge in [-0.2, -0.15) is 0 Å². The second kappa shape index (κ2) is 18.0. The molecule has 0 saturated heterocycles. The third-order valence-electron chi connectivity index (χ3n) is 4.47. The molecule has 0 aromatic heterocycles. The van der Waals surface area contributed by atoms with Crippen molar-refractivity contribution < 1.29 is 23.2 Å². The van der Waals surface area contributed by atoms with Gasteiger partial charge in [-0.25, -0.2) is 0 Å². The molecule has 0 aliphatic carbocycles. The zero-order valence-electron chi connectivity index (χ0n) is 17.4. The number of hydrogen-bond donors (Lipinski definition) is 1. The number of aliphatic carboxylic acids is 1. The molecule has 0 radical (unpaired) electrons. The molecule has 0 fully saturated rings. The second-order valence-electron chi connectivity index (χ2n) is 6.76. The fraction of sp³-hybridized carbons (Fsp3) is 0.950. The maximum Gasteiger partial charge on any atom is 0.500 e. The first-order valence-electron chi connectivity index (χ1n) is 10.7. The maximum absolute atomic E-state index is 10.4. The summed E-state index contributed by atoms with van der Waals surface area (Å²) in [5, 5.41) is 8.58. The maximum atomic E-state index is 10.4. The molecule has 0 saturated carbocycles. The number of carboxylic acids is 1. The van der Waals surface area contributed by atoms with E-state index in [0.29, 0.717) is 26.2 Å². The summed E-state index contributed by atoms with van der Waals surface area (Å²) in [6.45, 7) is 7.98. The molecule has 26 heavy (non-hydrogen) atoms. The van der Waals surface area contributed by atoms with E-state index in [9.17, 15) is 4.79 Å². The van der Waals surface area contributed by atoms with Crippen LogP contribution in [0.25, 0.3) is 0 Å². The third-order valence-corrected chi connectivity index (χ3v) is 7.62. The van der Waals surface area contributed by atoms with Crippen LogP contribution < -0.4 is 0 Å². The summed E-state index contributed by atoms with van der Waals surface area (Å²) in [5.41, 5.74) is 0. The molecule has 0 rings (SSSR count). The topological polar surface area (TPSA) is 65.0 Å². The van der Waals surface area contributed by atoms with E-state index in [0.717, 1.165) is 25.3 Å². The molecule has 156 valence electrons. The molecule has 0 spiro atoms. The highest BCUT2D eigenvalue weighted by molar-refractivity contribution is 6.60. The first kappa shape index (κ1) is 25.6. The highest BCUT2D eigenvalue weighted by Crippen LogP contribution is 2.21. The van der Waals surface area contributed by atoms with Crippen molar-refractivity contribution in [1.29, 1.82) is 0 Å². The Morgan fingerprint density at radius 2 is 1.00 bits per heavy atom. The summed E-state index contributed by atoms with van der Waals surface area (Å²) in [4.78, 5) is 10.4. The minimum atomic E-state index is -2.44. The predicted molar refractivity (Wildman–Crippen MR) is 108 cm³/mol. The van der Waals surface area contributed by atoms with Crippen molar-refractivity contribution in [3.63, 3.8) is 0 Å². The van der Waals surface area contributed by atoms with E-state index in [4.69, 9.17) is 18.4 Å². The number of rotatable bonds is 20. The molecule has 0 amide bonds. The van der Waals surface area contributed by atoms with Crippen LogP contribution in [-0.2, 0) is 18.1 Å². The van der Waals surface area contributed by atoms with Gasteiger partial charge in [-0.05, 0) is 33.6 Å². The Kier molecular flexibility index (Phi) is 17.7. The van der Waals surface area contributed by atoms with Crippen molar-refractivity contribution in [2.75, 3.05) is 19.8 Å². The van der Waals surface area contributed by atoms with Crippen LogP contribution in [0, 0.1) is 0 Å². The summed E-state index contributed by atoms with van der Waals surface area (Å²) in [6, 6.07) is 0.929.